The maximum atomic E-state index is 12.1. The number of fused-ring (bicyclic) bond motifs is 2. The fourth-order valence-electron chi connectivity index (χ4n) is 4.29. The predicted octanol–water partition coefficient (Wildman–Crippen LogP) is 6.93. The van der Waals surface area contributed by atoms with Gasteiger partial charge in [0, 0.05) is 38.1 Å². The summed E-state index contributed by atoms with van der Waals surface area (Å²) in [6, 6.07) is 5.65. The Morgan fingerprint density at radius 1 is 0.838 bits per heavy atom. The van der Waals surface area contributed by atoms with Crippen molar-refractivity contribution < 1.29 is 28.5 Å². The van der Waals surface area contributed by atoms with Gasteiger partial charge >= 0.3 is 11.9 Å². The molecular formula is C30H37ClO6. The zero-order chi connectivity index (χ0) is 27.1. The van der Waals surface area contributed by atoms with Crippen LogP contribution in [0.4, 0.5) is 0 Å². The zero-order valence-corrected chi connectivity index (χ0v) is 23.0. The van der Waals surface area contributed by atoms with Crippen molar-refractivity contribution in [2.45, 2.75) is 78.4 Å². The summed E-state index contributed by atoms with van der Waals surface area (Å²) in [7, 11) is 0. The van der Waals surface area contributed by atoms with Gasteiger partial charge in [0.05, 0.1) is 0 Å². The summed E-state index contributed by atoms with van der Waals surface area (Å²) in [4.78, 5) is 24.1. The number of carbonyl (C=O) groups is 2. The van der Waals surface area contributed by atoms with E-state index in [4.69, 9.17) is 30.5 Å². The first-order valence-electron chi connectivity index (χ1n) is 12.9. The minimum atomic E-state index is -0.424. The highest BCUT2D eigenvalue weighted by Gasteiger charge is 2.26. The topological polar surface area (TPSA) is 71.1 Å². The monoisotopic (exact) mass is 528 g/mol. The van der Waals surface area contributed by atoms with Crippen molar-refractivity contribution in [3.8, 4) is 11.5 Å². The van der Waals surface area contributed by atoms with Crippen molar-refractivity contribution in [3.63, 3.8) is 0 Å². The van der Waals surface area contributed by atoms with Crippen LogP contribution in [0.25, 0.3) is 10.8 Å². The van der Waals surface area contributed by atoms with Crippen molar-refractivity contribution in [2.75, 3.05) is 13.2 Å². The molecule has 0 saturated heterocycles. The van der Waals surface area contributed by atoms with Crippen LogP contribution in [0.3, 0.4) is 0 Å². The third-order valence-electron chi connectivity index (χ3n) is 6.47. The molecule has 1 aliphatic carbocycles. The Labute approximate surface area is 224 Å². The minimum absolute atomic E-state index is 0.221. The summed E-state index contributed by atoms with van der Waals surface area (Å²) in [5, 5.41) is 2.31. The molecule has 0 saturated carbocycles. The van der Waals surface area contributed by atoms with E-state index in [-0.39, 0.29) is 13.2 Å². The smallest absolute Gasteiger partial charge is 0.333 e. The molecule has 6 nitrogen and oxygen atoms in total. The lowest BCUT2D eigenvalue weighted by molar-refractivity contribution is -0.146. The van der Waals surface area contributed by atoms with Gasteiger partial charge in [-0.1, -0.05) is 38.6 Å². The summed E-state index contributed by atoms with van der Waals surface area (Å²) in [6.45, 7) is 14.9. The molecule has 0 N–H and O–H groups in total. The summed E-state index contributed by atoms with van der Waals surface area (Å²) >= 11 is 6.42. The van der Waals surface area contributed by atoms with Gasteiger partial charge < -0.3 is 18.9 Å². The number of ether oxygens (including phenoxy) is 4. The van der Waals surface area contributed by atoms with E-state index < -0.39 is 24.1 Å². The Kier molecular flexibility index (Phi) is 10.0. The fourth-order valence-corrected chi connectivity index (χ4v) is 4.46. The summed E-state index contributed by atoms with van der Waals surface area (Å²) in [5.41, 5.74) is 2.90. The third-order valence-corrected chi connectivity index (χ3v) is 6.70. The minimum Gasteiger partial charge on any atom is -0.489 e. The Balaban J connectivity index is 1.97. The molecule has 7 heteroatoms. The average molecular weight is 529 g/mol. The van der Waals surface area contributed by atoms with E-state index in [1.165, 1.54) is 0 Å². The van der Waals surface area contributed by atoms with Gasteiger partial charge in [0.2, 0.25) is 0 Å². The number of hydrogen-bond donors (Lipinski definition) is 0. The van der Waals surface area contributed by atoms with Gasteiger partial charge in [-0.3, -0.25) is 0 Å². The van der Waals surface area contributed by atoms with Crippen LogP contribution >= 0.6 is 11.6 Å². The van der Waals surface area contributed by atoms with Gasteiger partial charge in [-0.25, -0.2) is 9.59 Å². The van der Waals surface area contributed by atoms with Gasteiger partial charge in [0.15, 0.2) is 0 Å². The van der Waals surface area contributed by atoms with Crippen molar-refractivity contribution in [2.24, 2.45) is 0 Å². The molecule has 0 radical (unpaired) electrons. The van der Waals surface area contributed by atoms with Gasteiger partial charge in [-0.15, -0.1) is 0 Å². The third kappa shape index (κ3) is 7.07. The first-order chi connectivity index (χ1) is 17.7. The number of hydrogen-bond acceptors (Lipinski definition) is 6. The standard InChI is InChI=1S/C30H37ClO6/c1-7-21(36-29(32)18(3)4)16-34-27-23-11-9-10-12-24(23)28(26-15-20(31)13-14-25(26)27)35-17-22(8-2)37-30(33)19(5)6/h13-15,21-22H,3,5,7-12,16-17H2,1-2,4,6H3. The molecular weight excluding hydrogens is 492 g/mol. The van der Waals surface area contributed by atoms with Crippen LogP contribution in [0, 0.1) is 0 Å². The molecule has 2 unspecified atom stereocenters. The molecule has 2 aromatic rings. The molecule has 0 amide bonds. The Hall–Kier alpha value is -2.99. The van der Waals surface area contributed by atoms with Crippen LogP contribution in [0.15, 0.2) is 42.5 Å². The second-order valence-corrected chi connectivity index (χ2v) is 10.0. The van der Waals surface area contributed by atoms with Gasteiger partial charge in [-0.2, -0.15) is 0 Å². The number of carbonyl (C=O) groups excluding carboxylic acids is 2. The highest BCUT2D eigenvalue weighted by Crippen LogP contribution is 2.45. The predicted molar refractivity (Wildman–Crippen MR) is 147 cm³/mol. The van der Waals surface area contributed by atoms with Crippen LogP contribution in [-0.4, -0.2) is 37.4 Å². The zero-order valence-electron chi connectivity index (χ0n) is 22.3. The SMILES string of the molecule is C=C(C)C(=O)OC(CC)COc1c2c(c(OCC(CC)OC(=O)C(=C)C)c3cc(Cl)ccc13)CCCC2. The highest BCUT2D eigenvalue weighted by atomic mass is 35.5. The van der Waals surface area contributed by atoms with E-state index in [1.54, 1.807) is 13.8 Å². The van der Waals surface area contributed by atoms with Crippen LogP contribution in [0.2, 0.25) is 5.02 Å². The Morgan fingerprint density at radius 3 is 1.73 bits per heavy atom. The maximum Gasteiger partial charge on any atom is 0.333 e. The quantitative estimate of drug-likeness (QED) is 0.220. The average Bonchev–Trinajstić information content (AvgIpc) is 2.88. The van der Waals surface area contributed by atoms with Crippen LogP contribution in [-0.2, 0) is 31.9 Å². The molecule has 3 rings (SSSR count). The number of rotatable bonds is 12. The van der Waals surface area contributed by atoms with Gasteiger partial charge in [-0.05, 0) is 70.6 Å². The van der Waals surface area contributed by atoms with Crippen LogP contribution in [0.1, 0.15) is 64.5 Å². The first kappa shape index (κ1) is 28.6. The number of esters is 2. The summed E-state index contributed by atoms with van der Waals surface area (Å²) in [5.74, 6) is 0.687. The summed E-state index contributed by atoms with van der Waals surface area (Å²) in [6.07, 6.45) is 4.20. The molecule has 0 spiro atoms. The van der Waals surface area contributed by atoms with Crippen molar-refractivity contribution in [1.82, 2.24) is 0 Å². The second kappa shape index (κ2) is 13.0. The van der Waals surface area contributed by atoms with E-state index in [2.05, 4.69) is 13.2 Å². The van der Waals surface area contributed by atoms with E-state index in [0.717, 1.165) is 59.1 Å². The molecule has 200 valence electrons. The van der Waals surface area contributed by atoms with Crippen molar-refractivity contribution in [1.29, 1.82) is 0 Å². The van der Waals surface area contributed by atoms with E-state index in [9.17, 15) is 9.59 Å². The first-order valence-corrected chi connectivity index (χ1v) is 13.3. The Bertz CT molecular complexity index is 1180. The van der Waals surface area contributed by atoms with Crippen molar-refractivity contribution >= 4 is 34.3 Å². The number of halogens is 1. The maximum absolute atomic E-state index is 12.1. The lowest BCUT2D eigenvalue weighted by Gasteiger charge is -2.27. The fraction of sp³-hybridized carbons (Fsp3) is 0.467. The molecule has 1 aliphatic rings. The Morgan fingerprint density at radius 2 is 1.30 bits per heavy atom. The van der Waals surface area contributed by atoms with E-state index in [0.29, 0.717) is 29.0 Å². The van der Waals surface area contributed by atoms with Crippen LogP contribution in [0.5, 0.6) is 11.5 Å². The largest absolute Gasteiger partial charge is 0.489 e. The molecule has 2 aromatic carbocycles. The van der Waals surface area contributed by atoms with E-state index in [1.807, 2.05) is 32.0 Å². The molecule has 0 aliphatic heterocycles. The summed E-state index contributed by atoms with van der Waals surface area (Å²) < 4.78 is 23.9. The van der Waals surface area contributed by atoms with E-state index >= 15 is 0 Å². The number of benzene rings is 2. The lowest BCUT2D eigenvalue weighted by atomic mass is 9.87. The molecule has 0 fully saturated rings. The molecule has 0 aromatic heterocycles. The molecule has 2 atom stereocenters. The second-order valence-electron chi connectivity index (χ2n) is 9.57. The van der Waals surface area contributed by atoms with Gasteiger partial charge in [0.25, 0.3) is 0 Å². The highest BCUT2D eigenvalue weighted by molar-refractivity contribution is 6.31. The molecule has 0 bridgehead atoms. The van der Waals surface area contributed by atoms with Crippen LogP contribution < -0.4 is 9.47 Å². The normalized spacial score (nSPS) is 14.3. The molecule has 0 heterocycles. The van der Waals surface area contributed by atoms with Crippen molar-refractivity contribution in [3.05, 3.63) is 58.7 Å². The van der Waals surface area contributed by atoms with Gasteiger partial charge in [0.1, 0.15) is 36.9 Å². The lowest BCUT2D eigenvalue weighted by Crippen LogP contribution is -2.26. The molecule has 37 heavy (non-hydrogen) atoms.